The number of allylic oxidation sites excluding steroid dienone is 10. The number of aliphatic hydroxyl groups is 1. The standard InChI is InChI=1S/C53H99N2O6P/c1-6-8-10-12-14-16-18-20-22-24-25-26-27-28-29-31-32-34-36-38-40-42-44-46-52(56)51(50-61-62(58,59)60-49-48-55(3,4)5)54-53(57)47-45-43-41-39-37-35-33-30-23-21-19-17-15-13-11-9-7-2/h9,11,15,17,21,23,33,35,39,41,51-52,56H,6-8,10,12-14,16,18-20,22,24-32,34,36-38,40,42-50H2,1-5H3,(H-,54,57,58,59)/p+1/b11-9-,17-15-,23-21-,35-33-,41-39-. The molecule has 3 unspecified atom stereocenters. The molecule has 0 aromatic heterocycles. The molecule has 62 heavy (non-hydrogen) atoms. The van der Waals surface area contributed by atoms with E-state index in [-0.39, 0.29) is 19.1 Å². The number of quaternary nitrogens is 1. The van der Waals surface area contributed by atoms with Crippen molar-refractivity contribution in [3.63, 3.8) is 0 Å². The molecule has 0 aromatic rings. The van der Waals surface area contributed by atoms with Gasteiger partial charge in [0.05, 0.1) is 39.9 Å². The van der Waals surface area contributed by atoms with Crippen molar-refractivity contribution in [2.24, 2.45) is 0 Å². The normalized spacial score (nSPS) is 14.6. The molecule has 0 radical (unpaired) electrons. The van der Waals surface area contributed by atoms with Gasteiger partial charge in [-0.3, -0.25) is 13.8 Å². The Kier molecular flexibility index (Phi) is 43.1. The third kappa shape index (κ3) is 46.2. The van der Waals surface area contributed by atoms with Gasteiger partial charge in [0.25, 0.3) is 0 Å². The number of carbonyl (C=O) groups excluding carboxylic acids is 1. The lowest BCUT2D eigenvalue weighted by Crippen LogP contribution is -2.46. The van der Waals surface area contributed by atoms with Gasteiger partial charge in [-0.1, -0.05) is 222 Å². The lowest BCUT2D eigenvalue weighted by molar-refractivity contribution is -0.870. The largest absolute Gasteiger partial charge is 0.472 e. The summed E-state index contributed by atoms with van der Waals surface area (Å²) in [5, 5.41) is 14.0. The number of phosphoric ester groups is 1. The van der Waals surface area contributed by atoms with Gasteiger partial charge in [-0.25, -0.2) is 4.57 Å². The van der Waals surface area contributed by atoms with Gasteiger partial charge in [0.1, 0.15) is 13.2 Å². The predicted molar refractivity (Wildman–Crippen MR) is 267 cm³/mol. The molecule has 0 saturated carbocycles. The van der Waals surface area contributed by atoms with Crippen LogP contribution in [0, 0.1) is 0 Å². The SMILES string of the molecule is CC/C=C\C/C=C\C/C=C\C/C=C\C/C=C\CCCC(=O)NC(COP(=O)(O)OCC[N+](C)(C)C)C(O)CCCCCCCCCCCCCCCCCCCCCCCCC. The van der Waals surface area contributed by atoms with E-state index in [4.69, 9.17) is 9.05 Å². The van der Waals surface area contributed by atoms with Crippen LogP contribution in [0.25, 0.3) is 0 Å². The van der Waals surface area contributed by atoms with E-state index in [1.165, 1.54) is 128 Å². The number of hydrogen-bond acceptors (Lipinski definition) is 5. The van der Waals surface area contributed by atoms with Crippen LogP contribution in [0.3, 0.4) is 0 Å². The van der Waals surface area contributed by atoms with E-state index in [1.807, 2.05) is 21.1 Å². The Balaban J connectivity index is 4.31. The van der Waals surface area contributed by atoms with Crippen LogP contribution in [-0.4, -0.2) is 73.4 Å². The quantitative estimate of drug-likeness (QED) is 0.0243. The number of aliphatic hydroxyl groups excluding tert-OH is 1. The van der Waals surface area contributed by atoms with Gasteiger partial charge < -0.3 is 19.8 Å². The molecule has 0 rings (SSSR count). The lowest BCUT2D eigenvalue weighted by atomic mass is 10.0. The summed E-state index contributed by atoms with van der Waals surface area (Å²) in [6, 6.07) is -0.793. The fourth-order valence-corrected chi connectivity index (χ4v) is 7.99. The molecule has 0 fully saturated rings. The fraction of sp³-hybridized carbons (Fsp3) is 0.792. The lowest BCUT2D eigenvalue weighted by Gasteiger charge is -2.26. The first-order valence-electron chi connectivity index (χ1n) is 25.7. The number of nitrogens with zero attached hydrogens (tertiary/aromatic N) is 1. The van der Waals surface area contributed by atoms with Crippen LogP contribution in [0.15, 0.2) is 60.8 Å². The number of amides is 1. The van der Waals surface area contributed by atoms with E-state index >= 15 is 0 Å². The smallest absolute Gasteiger partial charge is 0.391 e. The molecule has 3 N–H and O–H groups in total. The van der Waals surface area contributed by atoms with Gasteiger partial charge in [-0.15, -0.1) is 0 Å². The number of likely N-dealkylation sites (N-methyl/N-ethyl adjacent to an activating group) is 1. The third-order valence-corrected chi connectivity index (χ3v) is 12.3. The van der Waals surface area contributed by atoms with Gasteiger partial charge in [-0.05, 0) is 51.4 Å². The average Bonchev–Trinajstić information content (AvgIpc) is 3.23. The highest BCUT2D eigenvalue weighted by Crippen LogP contribution is 2.43. The minimum Gasteiger partial charge on any atom is -0.391 e. The molecule has 0 aromatic carbocycles. The van der Waals surface area contributed by atoms with Gasteiger partial charge in [0.2, 0.25) is 5.91 Å². The highest BCUT2D eigenvalue weighted by Gasteiger charge is 2.28. The van der Waals surface area contributed by atoms with Crippen LogP contribution in [0.2, 0.25) is 0 Å². The zero-order chi connectivity index (χ0) is 45.7. The summed E-state index contributed by atoms with van der Waals surface area (Å²) < 4.78 is 23.7. The molecule has 0 aliphatic carbocycles. The summed E-state index contributed by atoms with van der Waals surface area (Å²) >= 11 is 0. The number of nitrogens with one attached hydrogen (secondary N) is 1. The molecule has 8 nitrogen and oxygen atoms in total. The molecule has 0 aliphatic heterocycles. The maximum Gasteiger partial charge on any atom is 0.472 e. The Morgan fingerprint density at radius 1 is 0.565 bits per heavy atom. The van der Waals surface area contributed by atoms with Gasteiger partial charge in [-0.2, -0.15) is 0 Å². The molecule has 0 saturated heterocycles. The summed E-state index contributed by atoms with van der Waals surface area (Å²) in [7, 11) is 1.57. The van der Waals surface area contributed by atoms with Crippen LogP contribution >= 0.6 is 7.82 Å². The topological polar surface area (TPSA) is 105 Å². The zero-order valence-corrected chi connectivity index (χ0v) is 42.0. The Hall–Kier alpha value is -1.80. The van der Waals surface area contributed by atoms with Crippen LogP contribution in [0.4, 0.5) is 0 Å². The maximum atomic E-state index is 12.9. The van der Waals surface area contributed by atoms with Crippen molar-refractivity contribution in [3.8, 4) is 0 Å². The predicted octanol–water partition coefficient (Wildman–Crippen LogP) is 15.0. The van der Waals surface area contributed by atoms with Crippen molar-refractivity contribution < 1.29 is 32.9 Å². The van der Waals surface area contributed by atoms with Crippen molar-refractivity contribution >= 4 is 13.7 Å². The van der Waals surface area contributed by atoms with Crippen molar-refractivity contribution in [1.82, 2.24) is 5.32 Å². The summed E-state index contributed by atoms with van der Waals surface area (Å²) in [6.45, 7) is 4.74. The van der Waals surface area contributed by atoms with Crippen molar-refractivity contribution in [1.29, 1.82) is 0 Å². The van der Waals surface area contributed by atoms with Crippen molar-refractivity contribution in [2.75, 3.05) is 40.9 Å². The fourth-order valence-electron chi connectivity index (χ4n) is 7.26. The molecule has 3 atom stereocenters. The minimum atomic E-state index is -4.34. The zero-order valence-electron chi connectivity index (χ0n) is 41.1. The van der Waals surface area contributed by atoms with Gasteiger partial charge >= 0.3 is 7.82 Å². The van der Waals surface area contributed by atoms with Crippen LogP contribution in [-0.2, 0) is 18.4 Å². The second kappa shape index (κ2) is 44.4. The summed E-state index contributed by atoms with van der Waals surface area (Å²) in [5.74, 6) is -0.201. The molecular formula is C53H100N2O6P+. The first-order valence-corrected chi connectivity index (χ1v) is 27.1. The Labute approximate surface area is 383 Å². The first kappa shape index (κ1) is 60.2. The summed E-state index contributed by atoms with van der Waals surface area (Å²) in [6.07, 6.45) is 58.5. The van der Waals surface area contributed by atoms with Crippen LogP contribution in [0.1, 0.15) is 219 Å². The molecule has 0 bridgehead atoms. The molecular weight excluding hydrogens is 792 g/mol. The van der Waals surface area contributed by atoms with E-state index in [2.05, 4.69) is 79.9 Å². The monoisotopic (exact) mass is 892 g/mol. The number of unbranched alkanes of at least 4 members (excludes halogenated alkanes) is 23. The summed E-state index contributed by atoms with van der Waals surface area (Å²) in [4.78, 5) is 23.2. The van der Waals surface area contributed by atoms with Crippen molar-refractivity contribution in [2.45, 2.75) is 231 Å². The van der Waals surface area contributed by atoms with E-state index in [0.717, 1.165) is 57.8 Å². The van der Waals surface area contributed by atoms with Gasteiger partial charge in [0.15, 0.2) is 0 Å². The second-order valence-electron chi connectivity index (χ2n) is 18.5. The van der Waals surface area contributed by atoms with Gasteiger partial charge in [0, 0.05) is 6.42 Å². The molecule has 0 spiro atoms. The van der Waals surface area contributed by atoms with E-state index < -0.39 is 20.0 Å². The number of carbonyl (C=O) groups is 1. The Morgan fingerprint density at radius 3 is 1.35 bits per heavy atom. The van der Waals surface area contributed by atoms with Crippen LogP contribution in [0.5, 0.6) is 0 Å². The van der Waals surface area contributed by atoms with E-state index in [9.17, 15) is 19.4 Å². The molecule has 0 aliphatic rings. The Bertz CT molecular complexity index is 1190. The minimum absolute atomic E-state index is 0.0617. The van der Waals surface area contributed by atoms with Crippen LogP contribution < -0.4 is 5.32 Å². The number of hydrogen-bond donors (Lipinski definition) is 3. The first-order chi connectivity index (χ1) is 30.0. The highest BCUT2D eigenvalue weighted by atomic mass is 31.2. The number of phosphoric acid groups is 1. The van der Waals surface area contributed by atoms with E-state index in [0.29, 0.717) is 30.3 Å². The third-order valence-electron chi connectivity index (χ3n) is 11.3. The Morgan fingerprint density at radius 2 is 0.952 bits per heavy atom. The maximum absolute atomic E-state index is 12.9. The molecule has 1 amide bonds. The summed E-state index contributed by atoms with van der Waals surface area (Å²) in [5.41, 5.74) is 0. The van der Waals surface area contributed by atoms with Crippen molar-refractivity contribution in [3.05, 3.63) is 60.8 Å². The molecule has 9 heteroatoms. The second-order valence-corrected chi connectivity index (χ2v) is 20.0. The molecule has 362 valence electrons. The average molecular weight is 892 g/mol. The molecule has 0 heterocycles. The van der Waals surface area contributed by atoms with E-state index in [1.54, 1.807) is 0 Å². The number of rotatable bonds is 46. The highest BCUT2D eigenvalue weighted by molar-refractivity contribution is 7.47.